The largest absolute Gasteiger partial charge is 0.465 e. The minimum atomic E-state index is 0.690. The van der Waals surface area contributed by atoms with Crippen molar-refractivity contribution in [1.82, 2.24) is 5.32 Å². The Hall–Kier alpha value is -0.800. The molecular weight excluding hydrogens is 226 g/mol. The second kappa shape index (κ2) is 6.95. The Balaban J connectivity index is 1.69. The van der Waals surface area contributed by atoms with Gasteiger partial charge in [0.05, 0.1) is 13.2 Å². The van der Waals surface area contributed by atoms with Crippen LogP contribution in [0, 0.1) is 12.8 Å². The molecule has 0 aliphatic heterocycles. The molecule has 3 heteroatoms. The van der Waals surface area contributed by atoms with Gasteiger partial charge in [-0.25, -0.2) is 0 Å². The number of hydrogen-bond donors (Lipinski definition) is 1. The van der Waals surface area contributed by atoms with E-state index in [0.29, 0.717) is 6.61 Å². The fraction of sp³-hybridized carbons (Fsp3) is 0.733. The maximum Gasteiger partial charge on any atom is 0.118 e. The van der Waals surface area contributed by atoms with Gasteiger partial charge >= 0.3 is 0 Å². The van der Waals surface area contributed by atoms with Crippen molar-refractivity contribution in [2.24, 2.45) is 5.92 Å². The lowest BCUT2D eigenvalue weighted by Gasteiger charge is -2.01. The van der Waals surface area contributed by atoms with Gasteiger partial charge in [0.25, 0.3) is 0 Å². The van der Waals surface area contributed by atoms with Gasteiger partial charge in [0, 0.05) is 12.2 Å². The molecule has 1 aliphatic rings. The Labute approximate surface area is 110 Å². The van der Waals surface area contributed by atoms with E-state index in [4.69, 9.17) is 9.15 Å². The number of nitrogens with one attached hydrogen (secondary N) is 1. The van der Waals surface area contributed by atoms with E-state index in [1.807, 2.05) is 6.92 Å². The zero-order valence-electron chi connectivity index (χ0n) is 11.6. The van der Waals surface area contributed by atoms with Crippen LogP contribution in [0.2, 0.25) is 0 Å². The Morgan fingerprint density at radius 2 is 2.28 bits per heavy atom. The summed E-state index contributed by atoms with van der Waals surface area (Å²) in [5.41, 5.74) is 1.19. The van der Waals surface area contributed by atoms with E-state index in [9.17, 15) is 0 Å². The van der Waals surface area contributed by atoms with E-state index in [2.05, 4.69) is 18.3 Å². The molecule has 0 aromatic carbocycles. The summed E-state index contributed by atoms with van der Waals surface area (Å²) in [6, 6.07) is 2.12. The first kappa shape index (κ1) is 13.6. The minimum absolute atomic E-state index is 0.690. The van der Waals surface area contributed by atoms with E-state index in [1.54, 1.807) is 0 Å². The Morgan fingerprint density at radius 3 is 3.00 bits per heavy atom. The van der Waals surface area contributed by atoms with Crippen LogP contribution in [0.1, 0.15) is 49.7 Å². The number of hydrogen-bond acceptors (Lipinski definition) is 3. The molecule has 1 heterocycles. The summed E-state index contributed by atoms with van der Waals surface area (Å²) in [5.74, 6) is 2.96. The molecule has 1 saturated carbocycles. The van der Waals surface area contributed by atoms with E-state index in [1.165, 1.54) is 24.8 Å². The number of aryl methyl sites for hydroxylation is 1. The van der Waals surface area contributed by atoms with Gasteiger partial charge in [-0.1, -0.05) is 19.8 Å². The van der Waals surface area contributed by atoms with Crippen LogP contribution in [0.15, 0.2) is 10.5 Å². The summed E-state index contributed by atoms with van der Waals surface area (Å²) in [6.07, 6.45) is 5.18. The molecule has 3 nitrogen and oxygen atoms in total. The molecule has 1 aromatic rings. The monoisotopic (exact) mass is 251 g/mol. The van der Waals surface area contributed by atoms with Gasteiger partial charge in [0.15, 0.2) is 0 Å². The summed E-state index contributed by atoms with van der Waals surface area (Å²) in [5, 5.41) is 3.35. The molecule has 0 unspecified atom stereocenters. The smallest absolute Gasteiger partial charge is 0.118 e. The quantitative estimate of drug-likeness (QED) is 0.683. The lowest BCUT2D eigenvalue weighted by molar-refractivity contribution is 0.114. The fourth-order valence-corrected chi connectivity index (χ4v) is 2.05. The molecule has 0 saturated heterocycles. The van der Waals surface area contributed by atoms with Gasteiger partial charge in [-0.3, -0.25) is 0 Å². The van der Waals surface area contributed by atoms with Crippen molar-refractivity contribution in [2.75, 3.05) is 13.2 Å². The zero-order chi connectivity index (χ0) is 12.8. The van der Waals surface area contributed by atoms with Crippen LogP contribution in [0.25, 0.3) is 0 Å². The third-order valence-corrected chi connectivity index (χ3v) is 3.42. The highest BCUT2D eigenvalue weighted by molar-refractivity contribution is 5.19. The van der Waals surface area contributed by atoms with Gasteiger partial charge < -0.3 is 14.5 Å². The van der Waals surface area contributed by atoms with Crippen molar-refractivity contribution >= 4 is 0 Å². The van der Waals surface area contributed by atoms with Crippen LogP contribution >= 0.6 is 0 Å². The van der Waals surface area contributed by atoms with E-state index < -0.39 is 0 Å². The number of ether oxygens (including phenoxy) is 1. The average molecular weight is 251 g/mol. The first-order valence-electron chi connectivity index (χ1n) is 7.16. The Kier molecular flexibility index (Phi) is 5.26. The molecule has 0 radical (unpaired) electrons. The maximum absolute atomic E-state index is 5.71. The average Bonchev–Trinajstić information content (AvgIpc) is 3.11. The van der Waals surface area contributed by atoms with Gasteiger partial charge in [0.1, 0.15) is 11.5 Å². The highest BCUT2D eigenvalue weighted by atomic mass is 16.5. The SMILES string of the molecule is CCCNCc1cc(COCCC2CC2)c(C)o1. The molecule has 102 valence electrons. The van der Waals surface area contributed by atoms with E-state index in [0.717, 1.165) is 43.6 Å². The molecular formula is C15H25NO2. The summed E-state index contributed by atoms with van der Waals surface area (Å²) < 4.78 is 11.4. The van der Waals surface area contributed by atoms with Crippen molar-refractivity contribution in [2.45, 2.75) is 52.7 Å². The fourth-order valence-electron chi connectivity index (χ4n) is 2.05. The third kappa shape index (κ3) is 4.46. The van der Waals surface area contributed by atoms with Crippen molar-refractivity contribution in [3.05, 3.63) is 23.2 Å². The van der Waals surface area contributed by atoms with Crippen molar-refractivity contribution < 1.29 is 9.15 Å². The molecule has 0 atom stereocenters. The van der Waals surface area contributed by atoms with Gasteiger partial charge in [-0.2, -0.15) is 0 Å². The number of rotatable bonds is 9. The minimum Gasteiger partial charge on any atom is -0.465 e. The van der Waals surface area contributed by atoms with E-state index in [-0.39, 0.29) is 0 Å². The zero-order valence-corrected chi connectivity index (χ0v) is 11.6. The highest BCUT2D eigenvalue weighted by Crippen LogP contribution is 2.32. The van der Waals surface area contributed by atoms with Gasteiger partial charge in [-0.05, 0) is 38.3 Å². The Morgan fingerprint density at radius 1 is 1.44 bits per heavy atom. The van der Waals surface area contributed by atoms with Crippen molar-refractivity contribution in [3.8, 4) is 0 Å². The van der Waals surface area contributed by atoms with Crippen LogP contribution in [0.4, 0.5) is 0 Å². The molecule has 1 aromatic heterocycles. The van der Waals surface area contributed by atoms with Crippen molar-refractivity contribution in [3.63, 3.8) is 0 Å². The van der Waals surface area contributed by atoms with E-state index >= 15 is 0 Å². The predicted molar refractivity (Wildman–Crippen MR) is 72.4 cm³/mol. The topological polar surface area (TPSA) is 34.4 Å². The third-order valence-electron chi connectivity index (χ3n) is 3.42. The lowest BCUT2D eigenvalue weighted by atomic mass is 10.2. The van der Waals surface area contributed by atoms with Crippen LogP contribution in [-0.4, -0.2) is 13.2 Å². The van der Waals surface area contributed by atoms with Crippen LogP contribution in [0.3, 0.4) is 0 Å². The molecule has 0 spiro atoms. The molecule has 0 amide bonds. The summed E-state index contributed by atoms with van der Waals surface area (Å²) in [7, 11) is 0. The first-order chi connectivity index (χ1) is 8.79. The normalized spacial score (nSPS) is 15.2. The molecule has 1 aliphatic carbocycles. The van der Waals surface area contributed by atoms with Crippen LogP contribution in [-0.2, 0) is 17.9 Å². The van der Waals surface area contributed by atoms with Crippen LogP contribution in [0.5, 0.6) is 0 Å². The second-order valence-electron chi connectivity index (χ2n) is 5.26. The summed E-state index contributed by atoms with van der Waals surface area (Å²) in [6.45, 7) is 7.61. The van der Waals surface area contributed by atoms with Gasteiger partial charge in [-0.15, -0.1) is 0 Å². The first-order valence-corrected chi connectivity index (χ1v) is 7.16. The van der Waals surface area contributed by atoms with Gasteiger partial charge in [0.2, 0.25) is 0 Å². The molecule has 0 bridgehead atoms. The summed E-state index contributed by atoms with van der Waals surface area (Å²) in [4.78, 5) is 0. The maximum atomic E-state index is 5.71. The molecule has 2 rings (SSSR count). The standard InChI is InChI=1S/C15H25NO2/c1-3-7-16-10-15-9-14(12(2)18-15)11-17-8-6-13-4-5-13/h9,13,16H,3-8,10-11H2,1-2H3. The molecule has 1 N–H and O–H groups in total. The predicted octanol–water partition coefficient (Wildman–Crippen LogP) is 3.40. The van der Waals surface area contributed by atoms with Crippen LogP contribution < -0.4 is 5.32 Å². The number of furan rings is 1. The van der Waals surface area contributed by atoms with Crippen molar-refractivity contribution in [1.29, 1.82) is 0 Å². The Bertz CT molecular complexity index is 355. The summed E-state index contributed by atoms with van der Waals surface area (Å²) >= 11 is 0. The molecule has 1 fully saturated rings. The molecule has 18 heavy (non-hydrogen) atoms. The lowest BCUT2D eigenvalue weighted by Crippen LogP contribution is -2.13. The second-order valence-corrected chi connectivity index (χ2v) is 5.26. The highest BCUT2D eigenvalue weighted by Gasteiger charge is 2.20.